The molecular weight excluding hydrogens is 1200 g/mol. The van der Waals surface area contributed by atoms with E-state index in [4.69, 9.17) is 27.7 Å². The molecule has 1 atom stereocenters. The van der Waals surface area contributed by atoms with Crippen LogP contribution in [0.4, 0.5) is 11.6 Å². The van der Waals surface area contributed by atoms with Gasteiger partial charge in [-0.3, -0.25) is 43.5 Å². The zero-order valence-corrected chi connectivity index (χ0v) is 51.8. The normalized spacial score (nSPS) is 14.7. The molecule has 11 rings (SSSR count). The minimum absolute atomic E-state index is 0.0186. The molecule has 466 valence electrons. The summed E-state index contributed by atoms with van der Waals surface area (Å²) in [6.45, 7) is 12.5. The number of fused-ring (bicyclic) bond motifs is 2. The number of Topliss-reactive ketones (excluding diaryl/α,β-unsaturated/α-hetero) is 2. The summed E-state index contributed by atoms with van der Waals surface area (Å²) in [6, 6.07) is 16.0. The molecule has 9 heterocycles. The van der Waals surface area contributed by atoms with Gasteiger partial charge in [-0.15, -0.1) is 20.4 Å². The molecule has 2 aliphatic heterocycles. The summed E-state index contributed by atoms with van der Waals surface area (Å²) >= 11 is 13.1. The van der Waals surface area contributed by atoms with Gasteiger partial charge in [-0.25, -0.2) is 14.2 Å². The van der Waals surface area contributed by atoms with Crippen LogP contribution in [0.1, 0.15) is 111 Å². The number of carbonyl (C=O) groups excluding carboxylic acids is 6. The number of nitrogens with one attached hydrogen (secondary N) is 1. The molecule has 0 aliphatic carbocycles. The van der Waals surface area contributed by atoms with Gasteiger partial charge in [0.15, 0.2) is 46.3 Å². The van der Waals surface area contributed by atoms with Crippen molar-refractivity contribution in [1.29, 1.82) is 0 Å². The molecule has 2 fully saturated rings. The third-order valence-electron chi connectivity index (χ3n) is 16.5. The molecular formula is C61H64Cl2N18O9. The average Bonchev–Trinajstić information content (AvgIpc) is 1.25. The highest BCUT2D eigenvalue weighted by molar-refractivity contribution is 6.32. The maximum absolute atomic E-state index is 15.8. The number of halogens is 2. The summed E-state index contributed by atoms with van der Waals surface area (Å²) < 4.78 is 11.4. The van der Waals surface area contributed by atoms with E-state index in [1.807, 2.05) is 13.8 Å². The van der Waals surface area contributed by atoms with Crippen LogP contribution in [0, 0.1) is 20.8 Å². The quantitative estimate of drug-likeness (QED) is 0.0683. The number of carbonyl (C=O) groups is 7. The summed E-state index contributed by atoms with van der Waals surface area (Å²) in [6.07, 6.45) is 8.06. The van der Waals surface area contributed by atoms with Crippen LogP contribution in [0.5, 0.6) is 0 Å². The van der Waals surface area contributed by atoms with E-state index >= 15 is 4.79 Å². The maximum atomic E-state index is 15.8. The first kappa shape index (κ1) is 62.1. The number of hydrogen-bond donors (Lipinski definition) is 2. The molecule has 29 heteroatoms. The lowest BCUT2D eigenvalue weighted by molar-refractivity contribution is -0.152. The number of anilines is 2. The number of piperazine rings is 2. The van der Waals surface area contributed by atoms with Crippen molar-refractivity contribution in [2.45, 2.75) is 92.5 Å². The molecule has 0 spiro atoms. The molecule has 2 N–H and O–H groups in total. The maximum Gasteiger partial charge on any atom is 0.345 e. The molecule has 90 heavy (non-hydrogen) atoms. The minimum atomic E-state index is -2.22. The SMILES string of the molecule is CCCC(=O)c1cnn(-c2ccc(NC(=O)c3cn(CC(=O)N4CCN(C(C)(C(=O)O)N(C(=O)c5cn(CC(=O)N6CCN(Cc7noc(C)n7)CC6)c6ccc(Cl)cc56)c5ccc(-n6ncc(C(=O)CCC)c6C)nn5)CC4)c4ccc(Cl)cc34)nn2)c1C. The van der Waals surface area contributed by atoms with Crippen LogP contribution in [-0.2, 0) is 34.0 Å². The minimum Gasteiger partial charge on any atom is -0.478 e. The second kappa shape index (κ2) is 25.9. The van der Waals surface area contributed by atoms with Gasteiger partial charge in [-0.2, -0.15) is 15.2 Å². The van der Waals surface area contributed by atoms with Crippen LogP contribution in [0.3, 0.4) is 0 Å². The summed E-state index contributed by atoms with van der Waals surface area (Å²) in [5.74, 6) is -1.94. The van der Waals surface area contributed by atoms with E-state index in [2.05, 4.69) is 50.9 Å². The van der Waals surface area contributed by atoms with E-state index in [1.165, 1.54) is 47.0 Å². The van der Waals surface area contributed by atoms with Crippen LogP contribution >= 0.6 is 23.2 Å². The first-order valence-corrected chi connectivity index (χ1v) is 30.1. The van der Waals surface area contributed by atoms with Gasteiger partial charge in [0.2, 0.25) is 17.7 Å². The molecule has 27 nitrogen and oxygen atoms in total. The number of amides is 4. The monoisotopic (exact) mass is 1260 g/mol. The summed E-state index contributed by atoms with van der Waals surface area (Å²) in [7, 11) is 0. The predicted molar refractivity (Wildman–Crippen MR) is 330 cm³/mol. The number of benzene rings is 2. The van der Waals surface area contributed by atoms with Crippen LogP contribution in [0.15, 0.2) is 90.0 Å². The van der Waals surface area contributed by atoms with Gasteiger partial charge in [-0.05, 0) is 94.3 Å². The Balaban J connectivity index is 0.843. The third kappa shape index (κ3) is 12.3. The Morgan fingerprint density at radius 2 is 1.17 bits per heavy atom. The Labute approximate surface area is 525 Å². The fourth-order valence-corrected chi connectivity index (χ4v) is 11.9. The first-order chi connectivity index (χ1) is 43.2. The molecule has 2 saturated heterocycles. The standard InChI is InChI=1S/C61H64Cl2N18O9/c1-7-9-49(82)43-29-64-80(36(43)3)54-16-15-51(68-70-54)67-58(86)45-31-76(47-13-11-39(62)27-41(45)47)34-57(85)75-23-25-78(26-24-75)61(6,60(88)89)79(53-17-18-55(71-69-53)81-37(4)44(30-65-81)50(83)10-8-2)59(87)46-32-77(48-14-12-40(63)28-42(46)48)35-56(84)74-21-19-73(20-22-74)33-52-66-38(5)90-72-52/h11-18,27-32H,7-10,19-26,33-35H2,1-6H3,(H,88,89)(H,67,68,86). The lowest BCUT2D eigenvalue weighted by Gasteiger charge is -2.47. The van der Waals surface area contributed by atoms with Gasteiger partial charge in [0.05, 0.1) is 52.6 Å². The summed E-state index contributed by atoms with van der Waals surface area (Å²) in [4.78, 5) is 111. The van der Waals surface area contributed by atoms with Crippen molar-refractivity contribution >= 4 is 97.8 Å². The Kier molecular flexibility index (Phi) is 17.8. The second-order valence-electron chi connectivity index (χ2n) is 22.3. The van der Waals surface area contributed by atoms with Crippen molar-refractivity contribution < 1.29 is 43.2 Å². The summed E-state index contributed by atoms with van der Waals surface area (Å²) in [5.41, 5.74) is 1.04. The third-order valence-corrected chi connectivity index (χ3v) is 17.0. The number of ketones is 2. The number of carboxylic acids is 1. The summed E-state index contributed by atoms with van der Waals surface area (Å²) in [5, 5.41) is 45.9. The van der Waals surface area contributed by atoms with Crippen molar-refractivity contribution in [3.05, 3.63) is 141 Å². The van der Waals surface area contributed by atoms with Crippen molar-refractivity contribution in [2.24, 2.45) is 0 Å². The Morgan fingerprint density at radius 1 is 0.644 bits per heavy atom. The van der Waals surface area contributed by atoms with Crippen LogP contribution in [0.25, 0.3) is 33.4 Å². The average molecular weight is 1260 g/mol. The number of hydrogen-bond acceptors (Lipinski definition) is 18. The van der Waals surface area contributed by atoms with E-state index in [9.17, 15) is 33.9 Å². The lowest BCUT2D eigenvalue weighted by atomic mass is 10.0. The molecule has 0 saturated carbocycles. The van der Waals surface area contributed by atoms with E-state index < -0.39 is 23.4 Å². The van der Waals surface area contributed by atoms with Gasteiger partial charge in [0, 0.05) is 116 Å². The van der Waals surface area contributed by atoms with Crippen LogP contribution in [-0.4, -0.2) is 183 Å². The molecule has 2 aliphatic rings. The highest BCUT2D eigenvalue weighted by Crippen LogP contribution is 2.35. The fraction of sp³-hybridized carbons (Fsp3) is 0.361. The number of nitrogens with zero attached hydrogens (tertiary/aromatic N) is 17. The van der Waals surface area contributed by atoms with Crippen molar-refractivity contribution in [3.8, 4) is 11.6 Å². The van der Waals surface area contributed by atoms with Gasteiger partial charge < -0.3 is 33.9 Å². The van der Waals surface area contributed by atoms with Crippen molar-refractivity contribution in [1.82, 2.24) is 78.8 Å². The van der Waals surface area contributed by atoms with Gasteiger partial charge in [-0.1, -0.05) is 42.2 Å². The van der Waals surface area contributed by atoms with Crippen molar-refractivity contribution in [3.63, 3.8) is 0 Å². The van der Waals surface area contributed by atoms with Crippen LogP contribution in [0.2, 0.25) is 10.0 Å². The number of rotatable bonds is 21. The zero-order valence-electron chi connectivity index (χ0n) is 50.3. The molecule has 7 aromatic heterocycles. The predicted octanol–water partition coefficient (Wildman–Crippen LogP) is 7.02. The Bertz CT molecular complexity index is 4250. The molecule has 4 amide bonds. The number of aromatic nitrogens is 12. The Morgan fingerprint density at radius 3 is 1.66 bits per heavy atom. The zero-order chi connectivity index (χ0) is 63.7. The topological polar surface area (TPSA) is 304 Å². The number of carboxylic acid groups (broad SMARTS) is 1. The number of aliphatic carboxylic acids is 1. The van der Waals surface area contributed by atoms with E-state index in [0.717, 1.165) is 4.90 Å². The van der Waals surface area contributed by atoms with Crippen molar-refractivity contribution in [2.75, 3.05) is 62.6 Å². The van der Waals surface area contributed by atoms with E-state index in [-0.39, 0.29) is 96.3 Å². The molecule has 9 aromatic rings. The highest BCUT2D eigenvalue weighted by atomic mass is 35.5. The smallest absolute Gasteiger partial charge is 0.345 e. The number of aryl methyl sites for hydroxylation is 1. The van der Waals surface area contributed by atoms with Gasteiger partial charge in [0.25, 0.3) is 11.8 Å². The second-order valence-corrected chi connectivity index (χ2v) is 23.2. The van der Waals surface area contributed by atoms with E-state index in [0.29, 0.717) is 125 Å². The van der Waals surface area contributed by atoms with Gasteiger partial charge in [0.1, 0.15) is 13.1 Å². The fourth-order valence-electron chi connectivity index (χ4n) is 11.6. The lowest BCUT2D eigenvalue weighted by Crippen LogP contribution is -2.69. The Hall–Kier alpha value is -9.57. The molecule has 0 radical (unpaired) electrons. The molecule has 2 aromatic carbocycles. The molecule has 0 bridgehead atoms. The van der Waals surface area contributed by atoms with Gasteiger partial charge >= 0.3 is 5.97 Å². The van der Waals surface area contributed by atoms with E-state index in [1.54, 1.807) is 99.3 Å². The molecule has 1 unspecified atom stereocenters. The van der Waals surface area contributed by atoms with Crippen LogP contribution < -0.4 is 10.2 Å². The highest BCUT2D eigenvalue weighted by Gasteiger charge is 2.51. The first-order valence-electron chi connectivity index (χ1n) is 29.4. The largest absolute Gasteiger partial charge is 0.478 e.